The Morgan fingerprint density at radius 2 is 2.05 bits per heavy atom. The molecule has 1 fully saturated rings. The first-order chi connectivity index (χ1) is 10.2. The lowest BCUT2D eigenvalue weighted by Crippen LogP contribution is -2.40. The van der Waals surface area contributed by atoms with Gasteiger partial charge in [0.2, 0.25) is 5.91 Å². The maximum atomic E-state index is 12.4. The number of fused-ring (bicyclic) bond motifs is 1. The van der Waals surface area contributed by atoms with Crippen molar-refractivity contribution in [3.05, 3.63) is 35.4 Å². The van der Waals surface area contributed by atoms with Crippen LogP contribution in [0.5, 0.6) is 0 Å². The fraction of sp³-hybridized carbons (Fsp3) is 0.611. The largest absolute Gasteiger partial charge is 0.338 e. The van der Waals surface area contributed by atoms with Gasteiger partial charge in [-0.25, -0.2) is 0 Å². The normalized spacial score (nSPS) is 22.9. The molecule has 0 spiro atoms. The molecule has 0 aliphatic carbocycles. The molecule has 1 aromatic carbocycles. The van der Waals surface area contributed by atoms with Gasteiger partial charge in [0.15, 0.2) is 0 Å². The Morgan fingerprint density at radius 3 is 2.86 bits per heavy atom. The van der Waals surface area contributed by atoms with Crippen LogP contribution in [0.2, 0.25) is 0 Å². The van der Waals surface area contributed by atoms with Gasteiger partial charge in [-0.05, 0) is 42.9 Å². The molecule has 1 aromatic rings. The molecule has 0 radical (unpaired) electrons. The molecule has 3 nitrogen and oxygen atoms in total. The number of amides is 1. The van der Waals surface area contributed by atoms with E-state index in [1.807, 2.05) is 4.90 Å². The van der Waals surface area contributed by atoms with E-state index >= 15 is 0 Å². The fourth-order valence-corrected chi connectivity index (χ4v) is 3.61. The summed E-state index contributed by atoms with van der Waals surface area (Å²) in [4.78, 5) is 16.9. The van der Waals surface area contributed by atoms with Crippen molar-refractivity contribution in [1.29, 1.82) is 0 Å². The minimum atomic E-state index is 0.322. The monoisotopic (exact) mass is 286 g/mol. The zero-order chi connectivity index (χ0) is 14.7. The van der Waals surface area contributed by atoms with E-state index in [0.29, 0.717) is 12.3 Å². The number of carbonyl (C=O) groups is 1. The first-order valence-corrected chi connectivity index (χ1v) is 8.29. The van der Waals surface area contributed by atoms with Gasteiger partial charge >= 0.3 is 0 Å². The third-order valence-corrected chi connectivity index (χ3v) is 4.87. The Bertz CT molecular complexity index is 500. The fourth-order valence-electron chi connectivity index (χ4n) is 3.61. The number of likely N-dealkylation sites (tertiary alicyclic amines) is 1. The third-order valence-electron chi connectivity index (χ3n) is 4.87. The van der Waals surface area contributed by atoms with Gasteiger partial charge in [-0.1, -0.05) is 31.2 Å². The van der Waals surface area contributed by atoms with Crippen LogP contribution < -0.4 is 0 Å². The molecule has 1 amide bonds. The Labute approximate surface area is 127 Å². The summed E-state index contributed by atoms with van der Waals surface area (Å²) in [6, 6.07) is 8.50. The van der Waals surface area contributed by atoms with Crippen LogP contribution in [-0.4, -0.2) is 41.9 Å². The lowest BCUT2D eigenvalue weighted by atomic mass is 9.99. The Kier molecular flexibility index (Phi) is 4.59. The second-order valence-corrected chi connectivity index (χ2v) is 6.63. The maximum Gasteiger partial charge on any atom is 0.224 e. The van der Waals surface area contributed by atoms with Gasteiger partial charge in [0.05, 0.1) is 0 Å². The summed E-state index contributed by atoms with van der Waals surface area (Å²) in [5.74, 6) is 1.11. The van der Waals surface area contributed by atoms with Gasteiger partial charge in [-0.2, -0.15) is 0 Å². The van der Waals surface area contributed by atoms with Gasteiger partial charge in [-0.3, -0.25) is 4.79 Å². The molecule has 0 bridgehead atoms. The van der Waals surface area contributed by atoms with Gasteiger partial charge in [-0.15, -0.1) is 0 Å². The molecule has 114 valence electrons. The van der Waals surface area contributed by atoms with Crippen LogP contribution in [0.15, 0.2) is 24.3 Å². The first kappa shape index (κ1) is 14.6. The molecule has 1 atom stereocenters. The van der Waals surface area contributed by atoms with Crippen LogP contribution in [0.25, 0.3) is 0 Å². The zero-order valence-corrected chi connectivity index (χ0v) is 13.1. The van der Waals surface area contributed by atoms with E-state index < -0.39 is 0 Å². The van der Waals surface area contributed by atoms with E-state index in [2.05, 4.69) is 36.1 Å². The van der Waals surface area contributed by atoms with Crippen molar-refractivity contribution < 1.29 is 4.79 Å². The van der Waals surface area contributed by atoms with Crippen LogP contribution in [0.4, 0.5) is 0 Å². The minimum absolute atomic E-state index is 0.322. The quantitative estimate of drug-likeness (QED) is 0.853. The third kappa shape index (κ3) is 3.65. The molecule has 1 saturated heterocycles. The van der Waals surface area contributed by atoms with Crippen LogP contribution in [0.1, 0.15) is 37.3 Å². The van der Waals surface area contributed by atoms with Crippen LogP contribution in [0, 0.1) is 5.92 Å². The zero-order valence-electron chi connectivity index (χ0n) is 13.1. The van der Waals surface area contributed by atoms with Crippen molar-refractivity contribution in [2.24, 2.45) is 5.92 Å². The number of hydrogen-bond acceptors (Lipinski definition) is 2. The summed E-state index contributed by atoms with van der Waals surface area (Å²) in [5, 5.41) is 0. The summed E-state index contributed by atoms with van der Waals surface area (Å²) in [7, 11) is 0. The predicted octanol–water partition coefficient (Wildman–Crippen LogP) is 2.69. The van der Waals surface area contributed by atoms with Gasteiger partial charge in [0.25, 0.3) is 0 Å². The van der Waals surface area contributed by atoms with Crippen molar-refractivity contribution in [3.63, 3.8) is 0 Å². The lowest BCUT2D eigenvalue weighted by molar-refractivity contribution is -0.132. The van der Waals surface area contributed by atoms with Crippen molar-refractivity contribution in [2.45, 2.75) is 39.2 Å². The van der Waals surface area contributed by atoms with Crippen LogP contribution in [-0.2, 0) is 17.8 Å². The standard InChI is InChI=1S/C18H26N2O/c1-15-5-4-10-19(13-15)11-9-18(21)20-12-8-16-6-2-3-7-17(16)14-20/h2-3,6-7,15H,4-5,8-14H2,1H3/t15-/m0/s1. The summed E-state index contributed by atoms with van der Waals surface area (Å²) in [6.07, 6.45) is 4.30. The molecule has 3 rings (SSSR count). The molecule has 21 heavy (non-hydrogen) atoms. The summed E-state index contributed by atoms with van der Waals surface area (Å²) in [5.41, 5.74) is 2.73. The molecule has 0 aromatic heterocycles. The average Bonchev–Trinajstić information content (AvgIpc) is 2.52. The van der Waals surface area contributed by atoms with E-state index in [1.54, 1.807) is 0 Å². The number of hydrogen-bond donors (Lipinski definition) is 0. The number of benzene rings is 1. The summed E-state index contributed by atoms with van der Waals surface area (Å²) in [6.45, 7) is 7.26. The molecule has 2 aliphatic rings. The van der Waals surface area contributed by atoms with E-state index in [0.717, 1.165) is 38.5 Å². The van der Waals surface area contributed by atoms with Crippen LogP contribution >= 0.6 is 0 Å². The van der Waals surface area contributed by atoms with Gasteiger partial charge in [0.1, 0.15) is 0 Å². The van der Waals surface area contributed by atoms with Crippen molar-refractivity contribution in [1.82, 2.24) is 9.80 Å². The molecule has 0 saturated carbocycles. The molecular weight excluding hydrogens is 260 g/mol. The number of piperidine rings is 1. The number of carbonyl (C=O) groups excluding carboxylic acids is 1. The highest BCUT2D eigenvalue weighted by Gasteiger charge is 2.22. The number of nitrogens with zero attached hydrogens (tertiary/aromatic N) is 2. The topological polar surface area (TPSA) is 23.6 Å². The Morgan fingerprint density at radius 1 is 1.24 bits per heavy atom. The van der Waals surface area contributed by atoms with Gasteiger partial charge < -0.3 is 9.80 Å². The predicted molar refractivity (Wildman–Crippen MR) is 85.0 cm³/mol. The van der Waals surface area contributed by atoms with E-state index in [1.165, 1.54) is 30.5 Å². The average molecular weight is 286 g/mol. The van der Waals surface area contributed by atoms with Gasteiger partial charge in [0, 0.05) is 32.6 Å². The highest BCUT2D eigenvalue weighted by atomic mass is 16.2. The molecule has 0 unspecified atom stereocenters. The molecule has 2 heterocycles. The Hall–Kier alpha value is -1.35. The maximum absolute atomic E-state index is 12.4. The smallest absolute Gasteiger partial charge is 0.224 e. The second-order valence-electron chi connectivity index (χ2n) is 6.63. The second kappa shape index (κ2) is 6.61. The SMILES string of the molecule is C[C@H]1CCCN(CCC(=O)N2CCc3ccccc3C2)C1. The van der Waals surface area contributed by atoms with E-state index in [9.17, 15) is 4.79 Å². The van der Waals surface area contributed by atoms with E-state index in [-0.39, 0.29) is 0 Å². The molecule has 3 heteroatoms. The molecular formula is C18H26N2O. The van der Waals surface area contributed by atoms with Crippen LogP contribution in [0.3, 0.4) is 0 Å². The minimum Gasteiger partial charge on any atom is -0.338 e. The van der Waals surface area contributed by atoms with Crippen molar-refractivity contribution in [2.75, 3.05) is 26.2 Å². The molecule has 2 aliphatic heterocycles. The first-order valence-electron chi connectivity index (χ1n) is 8.29. The summed E-state index contributed by atoms with van der Waals surface area (Å²) < 4.78 is 0. The lowest BCUT2D eigenvalue weighted by Gasteiger charge is -2.32. The highest BCUT2D eigenvalue weighted by Crippen LogP contribution is 2.20. The number of rotatable bonds is 3. The van der Waals surface area contributed by atoms with Crippen molar-refractivity contribution in [3.8, 4) is 0 Å². The van der Waals surface area contributed by atoms with Crippen molar-refractivity contribution >= 4 is 5.91 Å². The molecule has 0 N–H and O–H groups in total. The highest BCUT2D eigenvalue weighted by molar-refractivity contribution is 5.76. The van der Waals surface area contributed by atoms with E-state index in [4.69, 9.17) is 0 Å². The summed E-state index contributed by atoms with van der Waals surface area (Å²) >= 11 is 0. The Balaban J connectivity index is 1.50.